The zero-order chi connectivity index (χ0) is 19.8. The molecule has 2 aromatic heterocycles. The van der Waals surface area contributed by atoms with Crippen molar-refractivity contribution in [3.63, 3.8) is 0 Å². The number of amides is 1. The van der Waals surface area contributed by atoms with E-state index < -0.39 is 0 Å². The molecule has 146 valence electrons. The number of nitrogens with zero attached hydrogens (tertiary/aromatic N) is 3. The largest absolute Gasteiger partial charge is 0.494 e. The Hall–Kier alpha value is -3.20. The molecule has 0 spiro atoms. The minimum Gasteiger partial charge on any atom is -0.494 e. The number of ether oxygens (including phenoxy) is 1. The van der Waals surface area contributed by atoms with E-state index in [4.69, 9.17) is 4.74 Å². The van der Waals surface area contributed by atoms with Crippen molar-refractivity contribution in [3.8, 4) is 5.75 Å². The third kappa shape index (κ3) is 5.40. The maximum Gasteiger partial charge on any atom is 0.270 e. The molecule has 1 amide bonds. The van der Waals surface area contributed by atoms with E-state index in [2.05, 4.69) is 20.7 Å². The van der Waals surface area contributed by atoms with Gasteiger partial charge >= 0.3 is 0 Å². The molecule has 0 unspecified atom stereocenters. The van der Waals surface area contributed by atoms with Crippen molar-refractivity contribution >= 4 is 28.1 Å². The number of carbonyl (C=O) groups excluding carboxylic acids is 1. The van der Waals surface area contributed by atoms with Crippen LogP contribution in [0.4, 0.5) is 10.8 Å². The molecule has 2 N–H and O–H groups in total. The van der Waals surface area contributed by atoms with Crippen molar-refractivity contribution in [2.45, 2.75) is 19.9 Å². The van der Waals surface area contributed by atoms with Gasteiger partial charge in [0.1, 0.15) is 11.4 Å². The highest BCUT2D eigenvalue weighted by Gasteiger charge is 2.10. The lowest BCUT2D eigenvalue weighted by molar-refractivity contribution is 0.0948. The van der Waals surface area contributed by atoms with Gasteiger partial charge in [-0.15, -0.1) is 11.3 Å². The van der Waals surface area contributed by atoms with Crippen LogP contribution >= 0.6 is 11.3 Å². The van der Waals surface area contributed by atoms with Gasteiger partial charge in [0.25, 0.3) is 11.5 Å². The molecule has 2 heterocycles. The highest BCUT2D eigenvalue weighted by Crippen LogP contribution is 2.23. The Morgan fingerprint density at radius 3 is 2.82 bits per heavy atom. The number of nitrogens with one attached hydrogen (secondary N) is 2. The number of hydrogen-bond acceptors (Lipinski definition) is 7. The molecular weight excluding hydrogens is 378 g/mol. The molecule has 0 aliphatic carbocycles. The van der Waals surface area contributed by atoms with Crippen LogP contribution in [0.25, 0.3) is 0 Å². The van der Waals surface area contributed by atoms with Gasteiger partial charge in [0.15, 0.2) is 5.13 Å². The van der Waals surface area contributed by atoms with Crippen molar-refractivity contribution in [1.82, 2.24) is 20.1 Å². The predicted octanol–water partition coefficient (Wildman–Crippen LogP) is 2.66. The molecule has 0 fully saturated rings. The minimum atomic E-state index is -0.246. The molecule has 0 aliphatic heterocycles. The average Bonchev–Trinajstić information content (AvgIpc) is 3.17. The smallest absolute Gasteiger partial charge is 0.270 e. The second-order valence-electron chi connectivity index (χ2n) is 5.81. The second kappa shape index (κ2) is 9.65. The van der Waals surface area contributed by atoms with E-state index in [1.807, 2.05) is 31.2 Å². The Morgan fingerprint density at radius 2 is 2.07 bits per heavy atom. The first-order chi connectivity index (χ1) is 13.7. The second-order valence-corrected chi connectivity index (χ2v) is 6.67. The summed E-state index contributed by atoms with van der Waals surface area (Å²) in [6.07, 6.45) is 2.16. The van der Waals surface area contributed by atoms with Gasteiger partial charge < -0.3 is 15.4 Å². The number of carbonyl (C=O) groups is 1. The van der Waals surface area contributed by atoms with Crippen molar-refractivity contribution in [3.05, 3.63) is 64.0 Å². The zero-order valence-corrected chi connectivity index (χ0v) is 16.2. The fourth-order valence-corrected chi connectivity index (χ4v) is 3.15. The van der Waals surface area contributed by atoms with Crippen molar-refractivity contribution in [2.75, 3.05) is 18.5 Å². The molecule has 0 radical (unpaired) electrons. The zero-order valence-electron chi connectivity index (χ0n) is 15.4. The molecule has 1 aromatic carbocycles. The molecule has 9 heteroatoms. The summed E-state index contributed by atoms with van der Waals surface area (Å²) < 4.78 is 6.78. The number of hydrogen-bond donors (Lipinski definition) is 2. The van der Waals surface area contributed by atoms with Gasteiger partial charge in [-0.3, -0.25) is 9.59 Å². The summed E-state index contributed by atoms with van der Waals surface area (Å²) in [7, 11) is 0. The average molecular weight is 399 g/mol. The fraction of sp³-hybridized carbons (Fsp3) is 0.263. The Morgan fingerprint density at radius 1 is 1.25 bits per heavy atom. The van der Waals surface area contributed by atoms with Crippen LogP contribution in [0, 0.1) is 0 Å². The number of rotatable bonds is 9. The molecule has 0 atom stereocenters. The molecule has 8 nitrogen and oxygen atoms in total. The highest BCUT2D eigenvalue weighted by molar-refractivity contribution is 7.14. The summed E-state index contributed by atoms with van der Waals surface area (Å²) in [5, 5.41) is 12.3. The van der Waals surface area contributed by atoms with E-state index in [9.17, 15) is 9.59 Å². The third-order valence-corrected chi connectivity index (χ3v) is 4.53. The van der Waals surface area contributed by atoms with Crippen LogP contribution in [-0.2, 0) is 6.54 Å². The van der Waals surface area contributed by atoms with Crippen LogP contribution in [0.1, 0.15) is 23.8 Å². The molecule has 0 saturated carbocycles. The number of anilines is 2. The molecule has 0 aliphatic rings. The summed E-state index contributed by atoms with van der Waals surface area (Å²) in [5.74, 6) is 0.560. The van der Waals surface area contributed by atoms with Crippen molar-refractivity contribution in [2.24, 2.45) is 0 Å². The minimum absolute atomic E-state index is 0.154. The first-order valence-corrected chi connectivity index (χ1v) is 9.79. The van der Waals surface area contributed by atoms with E-state index in [0.29, 0.717) is 36.9 Å². The summed E-state index contributed by atoms with van der Waals surface area (Å²) >= 11 is 1.36. The van der Waals surface area contributed by atoms with Gasteiger partial charge in [-0.05, 0) is 43.7 Å². The summed E-state index contributed by atoms with van der Waals surface area (Å²) in [5.41, 5.74) is 1.07. The molecule has 0 bridgehead atoms. The van der Waals surface area contributed by atoms with Gasteiger partial charge in [-0.2, -0.15) is 5.10 Å². The maximum absolute atomic E-state index is 12.2. The van der Waals surface area contributed by atoms with E-state index >= 15 is 0 Å². The molecular formula is C19H21N5O3S. The van der Waals surface area contributed by atoms with Crippen LogP contribution in [-0.4, -0.2) is 33.8 Å². The molecule has 28 heavy (non-hydrogen) atoms. The van der Waals surface area contributed by atoms with Crippen LogP contribution in [0.2, 0.25) is 0 Å². The summed E-state index contributed by atoms with van der Waals surface area (Å²) in [4.78, 5) is 28.1. The molecule has 3 aromatic rings. The van der Waals surface area contributed by atoms with Gasteiger partial charge in [0, 0.05) is 36.4 Å². The maximum atomic E-state index is 12.2. The standard InChI is InChI=1S/C19H21N5O3S/c1-2-27-15-8-6-14(7-9-15)22-19-23-16(13-28-19)18(26)20-10-4-12-24-17(25)5-3-11-21-24/h3,5-9,11,13H,2,4,10,12H2,1H3,(H,20,26)(H,22,23). The quantitative estimate of drug-likeness (QED) is 0.537. The summed E-state index contributed by atoms with van der Waals surface area (Å²) in [6, 6.07) is 10.6. The van der Waals surface area contributed by atoms with E-state index in [-0.39, 0.29) is 11.5 Å². The number of benzene rings is 1. The van der Waals surface area contributed by atoms with Crippen LogP contribution in [0.15, 0.2) is 52.8 Å². The van der Waals surface area contributed by atoms with Gasteiger partial charge in [-0.25, -0.2) is 9.67 Å². The van der Waals surface area contributed by atoms with E-state index in [0.717, 1.165) is 11.4 Å². The molecule has 0 saturated heterocycles. The Kier molecular flexibility index (Phi) is 6.74. The van der Waals surface area contributed by atoms with Crippen molar-refractivity contribution in [1.29, 1.82) is 0 Å². The Balaban J connectivity index is 1.47. The lowest BCUT2D eigenvalue weighted by atomic mass is 10.3. The predicted molar refractivity (Wildman–Crippen MR) is 108 cm³/mol. The monoisotopic (exact) mass is 399 g/mol. The number of aryl methyl sites for hydroxylation is 1. The van der Waals surface area contributed by atoms with Crippen LogP contribution in [0.3, 0.4) is 0 Å². The number of thiazole rings is 1. The normalized spacial score (nSPS) is 10.5. The Bertz CT molecular complexity index is 968. The van der Waals surface area contributed by atoms with Crippen molar-refractivity contribution < 1.29 is 9.53 Å². The first kappa shape index (κ1) is 19.6. The first-order valence-electron chi connectivity index (χ1n) is 8.91. The van der Waals surface area contributed by atoms with Crippen LogP contribution < -0.4 is 20.9 Å². The highest BCUT2D eigenvalue weighted by atomic mass is 32.1. The van der Waals surface area contributed by atoms with Gasteiger partial charge in [-0.1, -0.05) is 0 Å². The van der Waals surface area contributed by atoms with Crippen LogP contribution in [0.5, 0.6) is 5.75 Å². The van der Waals surface area contributed by atoms with Gasteiger partial charge in [0.2, 0.25) is 0 Å². The topological polar surface area (TPSA) is 98.1 Å². The van der Waals surface area contributed by atoms with Gasteiger partial charge in [0.05, 0.1) is 6.61 Å². The van der Waals surface area contributed by atoms with E-state index in [1.54, 1.807) is 17.6 Å². The third-order valence-electron chi connectivity index (χ3n) is 3.77. The summed E-state index contributed by atoms with van der Waals surface area (Å²) in [6.45, 7) is 3.44. The van der Waals surface area contributed by atoms with E-state index in [1.165, 1.54) is 22.1 Å². The molecule has 3 rings (SSSR count). The number of aromatic nitrogens is 3. The Labute approximate surface area is 166 Å². The fourth-order valence-electron chi connectivity index (χ4n) is 2.44. The lowest BCUT2D eigenvalue weighted by Gasteiger charge is -2.06. The SMILES string of the molecule is CCOc1ccc(Nc2nc(C(=O)NCCCn3ncccc3=O)cs2)cc1. The lowest BCUT2D eigenvalue weighted by Crippen LogP contribution is -2.27.